The van der Waals surface area contributed by atoms with Gasteiger partial charge in [0.05, 0.1) is 5.69 Å². The molecule has 0 bridgehead atoms. The molecule has 0 N–H and O–H groups in total. The monoisotopic (exact) mass is 375 g/mol. The molecule has 1 aliphatic rings. The third kappa shape index (κ3) is 2.99. The Hall–Kier alpha value is -2.68. The Balaban J connectivity index is 1.70. The predicted molar refractivity (Wildman–Crippen MR) is 115 cm³/mol. The second-order valence-electron chi connectivity index (χ2n) is 7.54. The van der Waals surface area contributed by atoms with E-state index in [0.29, 0.717) is 17.9 Å². The molecule has 0 unspecified atom stereocenters. The van der Waals surface area contributed by atoms with Gasteiger partial charge in [0.2, 0.25) is 5.71 Å². The lowest BCUT2D eigenvalue weighted by Gasteiger charge is -2.20. The summed E-state index contributed by atoms with van der Waals surface area (Å²) < 4.78 is 48.9. The highest BCUT2D eigenvalue weighted by atomic mass is 16.3. The van der Waals surface area contributed by atoms with Crippen LogP contribution >= 0.6 is 0 Å². The first-order valence-electron chi connectivity index (χ1n) is 12.3. The number of nitrogens with zero attached hydrogens (tertiary/aromatic N) is 2. The third-order valence-electron chi connectivity index (χ3n) is 5.30. The molecular formula is C25H26N2O. The molecule has 1 aromatic carbocycles. The van der Waals surface area contributed by atoms with E-state index in [4.69, 9.17) is 11.3 Å². The summed E-state index contributed by atoms with van der Waals surface area (Å²) in [6, 6.07) is 13.2. The molecule has 142 valence electrons. The largest absolute Gasteiger partial charge is 0.437 e. The van der Waals surface area contributed by atoms with Gasteiger partial charge >= 0.3 is 0 Å². The van der Waals surface area contributed by atoms with Crippen molar-refractivity contribution in [2.24, 2.45) is 0 Å². The third-order valence-corrected chi connectivity index (χ3v) is 5.30. The minimum Gasteiger partial charge on any atom is -0.437 e. The van der Waals surface area contributed by atoms with E-state index in [-0.39, 0.29) is 24.2 Å². The Bertz CT molecular complexity index is 1350. The molecule has 0 amide bonds. The van der Waals surface area contributed by atoms with E-state index in [1.54, 1.807) is 18.3 Å². The fourth-order valence-corrected chi connectivity index (χ4v) is 3.73. The summed E-state index contributed by atoms with van der Waals surface area (Å²) in [5.74, 6) is -1.76. The first kappa shape index (κ1) is 12.7. The van der Waals surface area contributed by atoms with E-state index in [2.05, 4.69) is 29.9 Å². The van der Waals surface area contributed by atoms with Gasteiger partial charge in [-0.2, -0.15) is 0 Å². The van der Waals surface area contributed by atoms with Crippen LogP contribution < -0.4 is 0 Å². The molecule has 1 fully saturated rings. The van der Waals surface area contributed by atoms with Crippen LogP contribution in [-0.4, -0.2) is 9.97 Å². The average Bonchev–Trinajstić information content (AvgIpc) is 3.15. The molecule has 1 saturated carbocycles. The van der Waals surface area contributed by atoms with Crippen molar-refractivity contribution in [1.82, 2.24) is 9.97 Å². The van der Waals surface area contributed by atoms with Gasteiger partial charge < -0.3 is 4.42 Å². The minimum atomic E-state index is -2.12. The standard InChI is InChI=1S/C25H26N2O/c1-16(2)18-13-14-26-23(15-18)21-10-6-9-19-20-11-12-22(17-7-4-3-5-8-17)27-25(20)28-24(19)21/h6,9-17H,3-5,7-8H2,1-2H3/i7D2,8D2,17D. The van der Waals surface area contributed by atoms with E-state index in [9.17, 15) is 0 Å². The van der Waals surface area contributed by atoms with Crippen molar-refractivity contribution < 1.29 is 11.3 Å². The molecule has 4 aromatic rings. The fraction of sp³-hybridized carbons (Fsp3) is 0.360. The Kier molecular flexibility index (Phi) is 3.20. The van der Waals surface area contributed by atoms with E-state index in [1.807, 2.05) is 24.3 Å². The molecule has 0 atom stereocenters. The number of rotatable bonds is 3. The molecule has 3 aromatic heterocycles. The van der Waals surface area contributed by atoms with Gasteiger partial charge in [-0.1, -0.05) is 45.2 Å². The van der Waals surface area contributed by atoms with Gasteiger partial charge in [-0.05, 0) is 54.6 Å². The van der Waals surface area contributed by atoms with Gasteiger partial charge in [0.15, 0.2) is 0 Å². The van der Waals surface area contributed by atoms with Gasteiger partial charge in [-0.25, -0.2) is 4.98 Å². The normalized spacial score (nSPS) is 23.0. The van der Waals surface area contributed by atoms with Crippen LogP contribution in [0.1, 0.15) is 75.8 Å². The van der Waals surface area contributed by atoms with E-state index in [1.165, 1.54) is 5.56 Å². The molecule has 3 heteroatoms. The van der Waals surface area contributed by atoms with Crippen molar-refractivity contribution in [3.8, 4) is 11.3 Å². The van der Waals surface area contributed by atoms with Crippen LogP contribution in [-0.2, 0) is 0 Å². The molecule has 1 aliphatic carbocycles. The van der Waals surface area contributed by atoms with Gasteiger partial charge in [0.1, 0.15) is 5.58 Å². The first-order chi connectivity index (χ1) is 15.5. The topological polar surface area (TPSA) is 38.9 Å². The summed E-state index contributed by atoms with van der Waals surface area (Å²) in [4.78, 5) is 9.07. The van der Waals surface area contributed by atoms with Crippen molar-refractivity contribution in [3.63, 3.8) is 0 Å². The van der Waals surface area contributed by atoms with Crippen LogP contribution in [0.25, 0.3) is 33.3 Å². The second kappa shape index (κ2) is 7.05. The Labute approximate surface area is 172 Å². The lowest BCUT2D eigenvalue weighted by atomic mass is 9.86. The molecule has 0 radical (unpaired) electrons. The molecule has 0 saturated heterocycles. The van der Waals surface area contributed by atoms with Crippen LogP contribution in [0.3, 0.4) is 0 Å². The molecule has 0 spiro atoms. The van der Waals surface area contributed by atoms with Crippen molar-refractivity contribution >= 4 is 22.1 Å². The number of benzene rings is 1. The van der Waals surface area contributed by atoms with E-state index >= 15 is 0 Å². The van der Waals surface area contributed by atoms with Gasteiger partial charge in [-0.3, -0.25) is 4.98 Å². The zero-order valence-electron chi connectivity index (χ0n) is 21.1. The highest BCUT2D eigenvalue weighted by molar-refractivity contribution is 6.08. The molecular weight excluding hydrogens is 344 g/mol. The maximum atomic E-state index is 8.95. The average molecular weight is 376 g/mol. The molecule has 0 aliphatic heterocycles. The highest BCUT2D eigenvalue weighted by Crippen LogP contribution is 2.37. The lowest BCUT2D eigenvalue weighted by molar-refractivity contribution is 0.436. The van der Waals surface area contributed by atoms with Crippen molar-refractivity contribution in [3.05, 3.63) is 59.9 Å². The first-order valence-corrected chi connectivity index (χ1v) is 9.84. The van der Waals surface area contributed by atoms with Crippen LogP contribution in [0.2, 0.25) is 0 Å². The van der Waals surface area contributed by atoms with Crippen molar-refractivity contribution in [1.29, 1.82) is 0 Å². The minimum absolute atomic E-state index is 0.0604. The summed E-state index contributed by atoms with van der Waals surface area (Å²) >= 11 is 0. The van der Waals surface area contributed by atoms with Gasteiger partial charge in [0.25, 0.3) is 0 Å². The number of para-hydroxylation sites is 1. The van der Waals surface area contributed by atoms with Crippen LogP contribution in [0.5, 0.6) is 0 Å². The SMILES string of the molecule is [2H]C1([2H])CCCC([2H])([2H])C1([2H])c1ccc2c(n1)oc1c(-c3cc(C(C)C)ccn3)cccc12. The maximum Gasteiger partial charge on any atom is 0.227 e. The molecule has 28 heavy (non-hydrogen) atoms. The maximum absolute atomic E-state index is 8.95. The van der Waals surface area contributed by atoms with Crippen LogP contribution in [0.4, 0.5) is 0 Å². The quantitative estimate of drug-likeness (QED) is 0.379. The van der Waals surface area contributed by atoms with E-state index in [0.717, 1.165) is 22.0 Å². The zero-order valence-corrected chi connectivity index (χ0v) is 16.1. The molecule has 5 rings (SSSR count). The van der Waals surface area contributed by atoms with Gasteiger partial charge in [0, 0.05) is 41.0 Å². The second-order valence-corrected chi connectivity index (χ2v) is 7.54. The number of fused-ring (bicyclic) bond motifs is 3. The smallest absolute Gasteiger partial charge is 0.227 e. The number of hydrogen-bond donors (Lipinski definition) is 0. The Morgan fingerprint density at radius 2 is 1.93 bits per heavy atom. The number of pyridine rings is 2. The van der Waals surface area contributed by atoms with Crippen LogP contribution in [0.15, 0.2) is 53.1 Å². The predicted octanol–water partition coefficient (Wildman–Crippen LogP) is 7.21. The lowest BCUT2D eigenvalue weighted by Crippen LogP contribution is -2.06. The van der Waals surface area contributed by atoms with Crippen molar-refractivity contribution in [2.75, 3.05) is 0 Å². The van der Waals surface area contributed by atoms with Crippen molar-refractivity contribution in [2.45, 2.75) is 57.7 Å². The summed E-state index contributed by atoms with van der Waals surface area (Å²) in [7, 11) is 0. The summed E-state index contributed by atoms with van der Waals surface area (Å²) in [6.45, 7) is 4.26. The van der Waals surface area contributed by atoms with E-state index < -0.39 is 18.6 Å². The summed E-state index contributed by atoms with van der Waals surface area (Å²) in [5.41, 5.74) is 3.76. The number of hydrogen-bond acceptors (Lipinski definition) is 3. The Morgan fingerprint density at radius 3 is 2.75 bits per heavy atom. The summed E-state index contributed by atoms with van der Waals surface area (Å²) in [5, 5.41) is 1.60. The fourth-order valence-electron chi connectivity index (χ4n) is 3.73. The molecule has 3 heterocycles. The van der Waals surface area contributed by atoms with Gasteiger partial charge in [-0.15, -0.1) is 0 Å². The zero-order chi connectivity index (χ0) is 23.6. The highest BCUT2D eigenvalue weighted by Gasteiger charge is 2.19. The number of aromatic nitrogens is 2. The van der Waals surface area contributed by atoms with Crippen LogP contribution in [0, 0.1) is 0 Å². The summed E-state index contributed by atoms with van der Waals surface area (Å²) in [6.07, 6.45) is -1.66. The Morgan fingerprint density at radius 1 is 1.07 bits per heavy atom. The number of furan rings is 1. The molecule has 3 nitrogen and oxygen atoms in total.